The molecule has 220 valence electrons. The summed E-state index contributed by atoms with van der Waals surface area (Å²) in [6.45, 7) is 15.4. The Hall–Kier alpha value is -4.35. The first-order chi connectivity index (χ1) is 20.2. The lowest BCUT2D eigenvalue weighted by molar-refractivity contribution is 0.0398. The van der Waals surface area contributed by atoms with Crippen molar-refractivity contribution < 1.29 is 9.53 Å². The second kappa shape index (κ2) is 12.7. The molecule has 42 heavy (non-hydrogen) atoms. The molecular weight excluding hydrogens is 530 g/mol. The lowest BCUT2D eigenvalue weighted by Gasteiger charge is -2.26. The number of nitrogens with one attached hydrogen (secondary N) is 3. The number of ether oxygens (including phenoxy) is 1. The number of aryl methyl sites for hydroxylation is 2. The van der Waals surface area contributed by atoms with Gasteiger partial charge < -0.3 is 20.7 Å². The predicted molar refractivity (Wildman–Crippen MR) is 165 cm³/mol. The normalized spacial score (nSPS) is 14.0. The molecule has 0 saturated carbocycles. The summed E-state index contributed by atoms with van der Waals surface area (Å²) in [6.07, 6.45) is 4.93. The first-order valence-electron chi connectivity index (χ1n) is 14.2. The Morgan fingerprint density at radius 2 is 1.83 bits per heavy atom. The Bertz CT molecular complexity index is 1540. The van der Waals surface area contributed by atoms with Gasteiger partial charge in [-0.05, 0) is 48.6 Å². The van der Waals surface area contributed by atoms with Crippen LogP contribution >= 0.6 is 0 Å². The highest BCUT2D eigenvalue weighted by Crippen LogP contribution is 2.27. The topological polar surface area (TPSA) is 122 Å². The molecule has 4 heterocycles. The molecule has 3 aromatic heterocycles. The van der Waals surface area contributed by atoms with E-state index in [0.29, 0.717) is 17.1 Å². The molecular formula is C31H39N9O2. The Labute approximate surface area is 246 Å². The van der Waals surface area contributed by atoms with Crippen molar-refractivity contribution in [3.8, 4) is 5.82 Å². The standard InChI is InChI=1S/C31H39N9O2/c1-21-6-7-25(36-30(41)23-15-24(19-32-18-23)31(3,4)5)16-26(21)37-29-14-22(2)38-40(29)28-17-27(34-20-35-28)33-8-9-39-10-12-42-13-11-39/h6-7,14-20,37H,8-13H2,1-5H3,(H,36,41)(H,33,34,35). The van der Waals surface area contributed by atoms with Gasteiger partial charge in [-0.25, -0.2) is 9.97 Å². The molecule has 5 rings (SSSR count). The lowest BCUT2D eigenvalue weighted by atomic mass is 9.87. The molecule has 0 aliphatic carbocycles. The summed E-state index contributed by atoms with van der Waals surface area (Å²) in [5.41, 5.74) is 4.79. The number of aromatic nitrogens is 5. The maximum Gasteiger partial charge on any atom is 0.257 e. The highest BCUT2D eigenvalue weighted by atomic mass is 16.5. The Balaban J connectivity index is 1.30. The zero-order valence-electron chi connectivity index (χ0n) is 24.9. The smallest absolute Gasteiger partial charge is 0.257 e. The summed E-state index contributed by atoms with van der Waals surface area (Å²) in [5.74, 6) is 1.92. The van der Waals surface area contributed by atoms with Gasteiger partial charge in [0.15, 0.2) is 5.82 Å². The van der Waals surface area contributed by atoms with Crippen LogP contribution in [-0.2, 0) is 10.2 Å². The molecule has 1 amide bonds. The van der Waals surface area contributed by atoms with Crippen LogP contribution in [0, 0.1) is 13.8 Å². The van der Waals surface area contributed by atoms with Crippen LogP contribution in [0.5, 0.6) is 0 Å². The van der Waals surface area contributed by atoms with Crippen LogP contribution in [0.2, 0.25) is 0 Å². The Morgan fingerprint density at radius 1 is 1.02 bits per heavy atom. The van der Waals surface area contributed by atoms with Gasteiger partial charge in [0, 0.05) is 62.1 Å². The number of rotatable bonds is 9. The van der Waals surface area contributed by atoms with Crippen molar-refractivity contribution >= 4 is 28.9 Å². The van der Waals surface area contributed by atoms with E-state index in [1.165, 1.54) is 6.33 Å². The second-order valence-electron chi connectivity index (χ2n) is 11.5. The van der Waals surface area contributed by atoms with Gasteiger partial charge in [0.25, 0.3) is 5.91 Å². The molecule has 0 atom stereocenters. The van der Waals surface area contributed by atoms with Crippen molar-refractivity contribution in [2.45, 2.75) is 40.0 Å². The van der Waals surface area contributed by atoms with Crippen molar-refractivity contribution in [1.29, 1.82) is 0 Å². The lowest BCUT2D eigenvalue weighted by Crippen LogP contribution is -2.39. The fourth-order valence-corrected chi connectivity index (χ4v) is 4.64. The first-order valence-corrected chi connectivity index (χ1v) is 14.2. The number of benzene rings is 1. The summed E-state index contributed by atoms with van der Waals surface area (Å²) in [4.78, 5) is 28.6. The molecule has 1 aliphatic heterocycles. The molecule has 3 N–H and O–H groups in total. The van der Waals surface area contributed by atoms with Crippen LogP contribution in [0.4, 0.5) is 23.0 Å². The van der Waals surface area contributed by atoms with E-state index in [1.54, 1.807) is 17.1 Å². The van der Waals surface area contributed by atoms with E-state index in [0.717, 1.165) is 73.5 Å². The summed E-state index contributed by atoms with van der Waals surface area (Å²) >= 11 is 0. The van der Waals surface area contributed by atoms with Crippen molar-refractivity contribution in [2.24, 2.45) is 0 Å². The van der Waals surface area contributed by atoms with Gasteiger partial charge in [-0.3, -0.25) is 14.7 Å². The molecule has 1 aromatic carbocycles. The summed E-state index contributed by atoms with van der Waals surface area (Å²) < 4.78 is 7.19. The van der Waals surface area contributed by atoms with Gasteiger partial charge in [-0.1, -0.05) is 26.8 Å². The van der Waals surface area contributed by atoms with Crippen LogP contribution < -0.4 is 16.0 Å². The number of morpholine rings is 1. The number of carbonyl (C=O) groups is 1. The van der Waals surface area contributed by atoms with E-state index in [4.69, 9.17) is 4.74 Å². The van der Waals surface area contributed by atoms with E-state index in [2.05, 4.69) is 61.7 Å². The zero-order chi connectivity index (χ0) is 29.7. The monoisotopic (exact) mass is 569 g/mol. The van der Waals surface area contributed by atoms with E-state index < -0.39 is 0 Å². The maximum atomic E-state index is 13.1. The maximum absolute atomic E-state index is 13.1. The van der Waals surface area contributed by atoms with Gasteiger partial charge in [0.1, 0.15) is 18.0 Å². The van der Waals surface area contributed by atoms with Gasteiger partial charge >= 0.3 is 0 Å². The third-order valence-corrected chi connectivity index (χ3v) is 7.16. The van der Waals surface area contributed by atoms with Gasteiger partial charge in [0.2, 0.25) is 0 Å². The molecule has 11 heteroatoms. The number of amides is 1. The minimum atomic E-state index is -0.209. The van der Waals surface area contributed by atoms with Gasteiger partial charge in [0.05, 0.1) is 24.5 Å². The van der Waals surface area contributed by atoms with Crippen LogP contribution in [0.3, 0.4) is 0 Å². The largest absolute Gasteiger partial charge is 0.379 e. The van der Waals surface area contributed by atoms with Crippen LogP contribution in [0.1, 0.15) is 48.0 Å². The highest BCUT2D eigenvalue weighted by molar-refractivity contribution is 6.04. The Morgan fingerprint density at radius 3 is 2.62 bits per heavy atom. The number of carbonyl (C=O) groups excluding carboxylic acids is 1. The number of pyridine rings is 1. The third kappa shape index (κ3) is 7.29. The number of nitrogens with zero attached hydrogens (tertiary/aromatic N) is 6. The van der Waals surface area contributed by atoms with Crippen molar-refractivity contribution in [2.75, 3.05) is 55.3 Å². The molecule has 1 fully saturated rings. The molecule has 1 saturated heterocycles. The molecule has 0 radical (unpaired) electrons. The molecule has 1 aliphatic rings. The minimum Gasteiger partial charge on any atom is -0.379 e. The SMILES string of the molecule is Cc1cc(Nc2cc(NC(=O)c3cncc(C(C)(C)C)c3)ccc2C)n(-c2cc(NCCN3CCOCC3)ncn2)n1. The summed E-state index contributed by atoms with van der Waals surface area (Å²) in [7, 11) is 0. The number of hydrogen-bond acceptors (Lipinski definition) is 9. The number of hydrogen-bond donors (Lipinski definition) is 3. The van der Waals surface area contributed by atoms with E-state index in [1.807, 2.05) is 50.2 Å². The second-order valence-corrected chi connectivity index (χ2v) is 11.5. The van der Waals surface area contributed by atoms with E-state index in [9.17, 15) is 4.79 Å². The molecule has 0 unspecified atom stereocenters. The van der Waals surface area contributed by atoms with Gasteiger partial charge in [-0.2, -0.15) is 9.78 Å². The van der Waals surface area contributed by atoms with Crippen LogP contribution in [0.25, 0.3) is 5.82 Å². The Kier molecular flexibility index (Phi) is 8.79. The third-order valence-electron chi connectivity index (χ3n) is 7.16. The fraction of sp³-hybridized carbons (Fsp3) is 0.387. The predicted octanol–water partition coefficient (Wildman–Crippen LogP) is 4.71. The molecule has 11 nitrogen and oxygen atoms in total. The van der Waals surface area contributed by atoms with E-state index >= 15 is 0 Å². The average molecular weight is 570 g/mol. The summed E-state index contributed by atoms with van der Waals surface area (Å²) in [5, 5.41) is 14.6. The minimum absolute atomic E-state index is 0.102. The zero-order valence-corrected chi connectivity index (χ0v) is 24.9. The first kappa shape index (κ1) is 29.2. The summed E-state index contributed by atoms with van der Waals surface area (Å²) in [6, 6.07) is 11.5. The van der Waals surface area contributed by atoms with Crippen molar-refractivity contribution in [3.63, 3.8) is 0 Å². The quantitative estimate of drug-likeness (QED) is 0.263. The van der Waals surface area contributed by atoms with Crippen LogP contribution in [0.15, 0.2) is 55.1 Å². The molecule has 0 bridgehead atoms. The molecule has 0 spiro atoms. The van der Waals surface area contributed by atoms with Crippen LogP contribution in [-0.4, -0.2) is 74.9 Å². The van der Waals surface area contributed by atoms with Crippen molar-refractivity contribution in [1.82, 2.24) is 29.6 Å². The fourth-order valence-electron chi connectivity index (χ4n) is 4.64. The van der Waals surface area contributed by atoms with E-state index in [-0.39, 0.29) is 11.3 Å². The highest BCUT2D eigenvalue weighted by Gasteiger charge is 2.17. The molecule has 4 aromatic rings. The number of anilines is 4. The van der Waals surface area contributed by atoms with Gasteiger partial charge in [-0.15, -0.1) is 0 Å². The average Bonchev–Trinajstić information content (AvgIpc) is 3.35. The van der Waals surface area contributed by atoms with Crippen molar-refractivity contribution in [3.05, 3.63) is 77.5 Å².